The molecule has 2 aromatic carbocycles. The average Bonchev–Trinajstić information content (AvgIpc) is 2.71. The van der Waals surface area contributed by atoms with E-state index in [2.05, 4.69) is 41.4 Å². The Bertz CT molecular complexity index is 740. The highest BCUT2D eigenvalue weighted by Crippen LogP contribution is 2.23. The fraction of sp³-hybridized carbons (Fsp3) is 0.435. The van der Waals surface area contributed by atoms with Gasteiger partial charge in [-0.1, -0.05) is 60.2 Å². The fourth-order valence-corrected chi connectivity index (χ4v) is 3.75. The SMILES string of the molecule is Cc1ccc(C(CNC(=O)C(c2ccccc2)N(C)C)N2CCOCC2)cc1. The monoisotopic (exact) mass is 381 g/mol. The van der Waals surface area contributed by atoms with Crippen LogP contribution in [0.1, 0.15) is 28.8 Å². The van der Waals surface area contributed by atoms with Gasteiger partial charge in [0.1, 0.15) is 6.04 Å². The van der Waals surface area contributed by atoms with Gasteiger partial charge >= 0.3 is 0 Å². The van der Waals surface area contributed by atoms with E-state index in [-0.39, 0.29) is 18.0 Å². The van der Waals surface area contributed by atoms with Crippen LogP contribution in [-0.4, -0.2) is 62.7 Å². The molecule has 1 saturated heterocycles. The summed E-state index contributed by atoms with van der Waals surface area (Å²) >= 11 is 0. The van der Waals surface area contributed by atoms with Crippen LogP contribution >= 0.6 is 0 Å². The van der Waals surface area contributed by atoms with Crippen LogP contribution in [0.25, 0.3) is 0 Å². The quantitative estimate of drug-likeness (QED) is 0.801. The molecule has 5 nitrogen and oxygen atoms in total. The number of morpholine rings is 1. The molecule has 1 fully saturated rings. The minimum absolute atomic E-state index is 0.0292. The molecular weight excluding hydrogens is 350 g/mol. The van der Waals surface area contributed by atoms with E-state index in [0.29, 0.717) is 6.54 Å². The molecule has 0 saturated carbocycles. The molecule has 0 bridgehead atoms. The van der Waals surface area contributed by atoms with Gasteiger partial charge in [-0.2, -0.15) is 0 Å². The highest BCUT2D eigenvalue weighted by molar-refractivity contribution is 5.83. The number of hydrogen-bond acceptors (Lipinski definition) is 4. The van der Waals surface area contributed by atoms with Crippen LogP contribution < -0.4 is 5.32 Å². The third kappa shape index (κ3) is 5.19. The summed E-state index contributed by atoms with van der Waals surface area (Å²) in [6, 6.07) is 18.4. The van der Waals surface area contributed by atoms with Gasteiger partial charge in [-0.3, -0.25) is 14.6 Å². The number of carbonyl (C=O) groups is 1. The molecule has 0 aromatic heterocycles. The van der Waals surface area contributed by atoms with Gasteiger partial charge in [0.15, 0.2) is 0 Å². The molecule has 3 rings (SSSR count). The van der Waals surface area contributed by atoms with E-state index in [9.17, 15) is 4.79 Å². The number of benzene rings is 2. The molecule has 0 spiro atoms. The standard InChI is InChI=1S/C23H31N3O2/c1-18-9-11-19(12-10-18)21(26-13-15-28-16-14-26)17-24-23(27)22(25(2)3)20-7-5-4-6-8-20/h4-12,21-22H,13-17H2,1-3H3,(H,24,27). The summed E-state index contributed by atoms with van der Waals surface area (Å²) in [5.41, 5.74) is 3.47. The van der Waals surface area contributed by atoms with E-state index in [1.54, 1.807) is 0 Å². The largest absolute Gasteiger partial charge is 0.379 e. The molecular formula is C23H31N3O2. The predicted octanol–water partition coefficient (Wildman–Crippen LogP) is 2.79. The van der Waals surface area contributed by atoms with Crippen molar-refractivity contribution >= 4 is 5.91 Å². The number of ether oxygens (including phenoxy) is 1. The number of aryl methyl sites for hydroxylation is 1. The molecule has 2 atom stereocenters. The van der Waals surface area contributed by atoms with Gasteiger partial charge in [0, 0.05) is 19.6 Å². The van der Waals surface area contributed by atoms with E-state index in [4.69, 9.17) is 4.74 Å². The van der Waals surface area contributed by atoms with Gasteiger partial charge in [-0.15, -0.1) is 0 Å². The zero-order chi connectivity index (χ0) is 19.9. The van der Waals surface area contributed by atoms with Gasteiger partial charge < -0.3 is 10.1 Å². The van der Waals surface area contributed by atoms with Crippen LogP contribution in [0.2, 0.25) is 0 Å². The Kier molecular flexibility index (Phi) is 7.20. The second-order valence-corrected chi connectivity index (χ2v) is 7.60. The topological polar surface area (TPSA) is 44.8 Å². The van der Waals surface area contributed by atoms with Crippen molar-refractivity contribution in [1.82, 2.24) is 15.1 Å². The van der Waals surface area contributed by atoms with Gasteiger partial charge in [0.25, 0.3) is 0 Å². The van der Waals surface area contributed by atoms with E-state index in [1.807, 2.05) is 49.3 Å². The first-order valence-corrected chi connectivity index (χ1v) is 9.93. The van der Waals surface area contributed by atoms with Crippen LogP contribution in [0.5, 0.6) is 0 Å². The van der Waals surface area contributed by atoms with Gasteiger partial charge in [-0.25, -0.2) is 0 Å². The maximum atomic E-state index is 13.1. The fourth-order valence-electron chi connectivity index (χ4n) is 3.75. The highest BCUT2D eigenvalue weighted by atomic mass is 16.5. The molecule has 1 aliphatic heterocycles. The van der Waals surface area contributed by atoms with Crippen LogP contribution in [-0.2, 0) is 9.53 Å². The van der Waals surface area contributed by atoms with Crippen molar-refractivity contribution < 1.29 is 9.53 Å². The number of hydrogen-bond donors (Lipinski definition) is 1. The number of likely N-dealkylation sites (N-methyl/N-ethyl adjacent to an activating group) is 1. The van der Waals surface area contributed by atoms with Crippen molar-refractivity contribution in [2.75, 3.05) is 46.9 Å². The Morgan fingerprint density at radius 1 is 1.04 bits per heavy atom. The third-order valence-electron chi connectivity index (χ3n) is 5.30. The molecule has 2 aromatic rings. The molecule has 1 amide bonds. The zero-order valence-corrected chi connectivity index (χ0v) is 17.1. The lowest BCUT2D eigenvalue weighted by Gasteiger charge is -2.35. The molecule has 1 N–H and O–H groups in total. The third-order valence-corrected chi connectivity index (χ3v) is 5.30. The van der Waals surface area contributed by atoms with Gasteiger partial charge in [-0.05, 0) is 32.1 Å². The molecule has 28 heavy (non-hydrogen) atoms. The average molecular weight is 382 g/mol. The van der Waals surface area contributed by atoms with Gasteiger partial charge in [0.05, 0.1) is 19.3 Å². The maximum Gasteiger partial charge on any atom is 0.242 e. The Morgan fingerprint density at radius 3 is 2.29 bits per heavy atom. The second kappa shape index (κ2) is 9.82. The summed E-state index contributed by atoms with van der Waals surface area (Å²) in [7, 11) is 3.88. The first-order chi connectivity index (χ1) is 13.6. The summed E-state index contributed by atoms with van der Waals surface area (Å²) in [5.74, 6) is 0.0292. The molecule has 5 heteroatoms. The molecule has 0 aliphatic carbocycles. The summed E-state index contributed by atoms with van der Waals surface area (Å²) in [6.07, 6.45) is 0. The molecule has 150 valence electrons. The minimum atomic E-state index is -0.301. The number of amides is 1. The van der Waals surface area contributed by atoms with Crippen molar-refractivity contribution in [2.45, 2.75) is 19.0 Å². The first kappa shape index (κ1) is 20.5. The zero-order valence-electron chi connectivity index (χ0n) is 17.1. The first-order valence-electron chi connectivity index (χ1n) is 9.93. The summed E-state index contributed by atoms with van der Waals surface area (Å²) in [6.45, 7) is 5.91. The lowest BCUT2D eigenvalue weighted by Crippen LogP contribution is -2.45. The highest BCUT2D eigenvalue weighted by Gasteiger charge is 2.26. The van der Waals surface area contributed by atoms with Crippen LogP contribution in [0.15, 0.2) is 54.6 Å². The van der Waals surface area contributed by atoms with Gasteiger partial charge in [0.2, 0.25) is 5.91 Å². The maximum absolute atomic E-state index is 13.1. The molecule has 1 aliphatic rings. The van der Waals surface area contributed by atoms with Crippen molar-refractivity contribution in [3.63, 3.8) is 0 Å². The Labute approximate surface area is 168 Å². The lowest BCUT2D eigenvalue weighted by molar-refractivity contribution is -0.126. The van der Waals surface area contributed by atoms with E-state index in [1.165, 1.54) is 11.1 Å². The number of nitrogens with zero attached hydrogens (tertiary/aromatic N) is 2. The lowest BCUT2D eigenvalue weighted by atomic mass is 10.0. The number of carbonyl (C=O) groups excluding carboxylic acids is 1. The van der Waals surface area contributed by atoms with E-state index < -0.39 is 0 Å². The minimum Gasteiger partial charge on any atom is -0.379 e. The summed E-state index contributed by atoms with van der Waals surface area (Å²) < 4.78 is 5.52. The predicted molar refractivity (Wildman–Crippen MR) is 112 cm³/mol. The number of rotatable bonds is 7. The molecule has 2 unspecified atom stereocenters. The van der Waals surface area contributed by atoms with Crippen molar-refractivity contribution in [2.24, 2.45) is 0 Å². The van der Waals surface area contributed by atoms with E-state index in [0.717, 1.165) is 31.9 Å². The Balaban J connectivity index is 1.74. The van der Waals surface area contributed by atoms with Crippen LogP contribution in [0.4, 0.5) is 0 Å². The Hall–Kier alpha value is -2.21. The number of nitrogens with one attached hydrogen (secondary N) is 1. The van der Waals surface area contributed by atoms with Crippen LogP contribution in [0, 0.1) is 6.92 Å². The van der Waals surface area contributed by atoms with Crippen molar-refractivity contribution in [3.05, 3.63) is 71.3 Å². The smallest absolute Gasteiger partial charge is 0.242 e. The van der Waals surface area contributed by atoms with E-state index >= 15 is 0 Å². The summed E-state index contributed by atoms with van der Waals surface area (Å²) in [5, 5.41) is 3.21. The summed E-state index contributed by atoms with van der Waals surface area (Å²) in [4.78, 5) is 17.4. The second-order valence-electron chi connectivity index (χ2n) is 7.60. The van der Waals surface area contributed by atoms with Crippen LogP contribution in [0.3, 0.4) is 0 Å². The van der Waals surface area contributed by atoms with Crippen molar-refractivity contribution in [3.8, 4) is 0 Å². The molecule has 0 radical (unpaired) electrons. The Morgan fingerprint density at radius 2 is 1.68 bits per heavy atom. The molecule has 1 heterocycles. The normalized spacial score (nSPS) is 17.3. The van der Waals surface area contributed by atoms with Crippen molar-refractivity contribution in [1.29, 1.82) is 0 Å².